The third-order valence-corrected chi connectivity index (χ3v) is 4.62. The van der Waals surface area contributed by atoms with Crippen molar-refractivity contribution in [1.82, 2.24) is 0 Å². The van der Waals surface area contributed by atoms with Crippen molar-refractivity contribution in [2.45, 2.75) is 12.8 Å². The maximum atomic E-state index is 12.4. The Labute approximate surface area is 147 Å². The summed E-state index contributed by atoms with van der Waals surface area (Å²) in [7, 11) is 1.62. The third-order valence-electron chi connectivity index (χ3n) is 4.62. The zero-order valence-electron chi connectivity index (χ0n) is 14.1. The second kappa shape index (κ2) is 6.44. The van der Waals surface area contributed by atoms with Crippen molar-refractivity contribution in [2.75, 3.05) is 12.4 Å². The summed E-state index contributed by atoms with van der Waals surface area (Å²) in [4.78, 5) is 12.4. The number of amides is 1. The van der Waals surface area contributed by atoms with Crippen LogP contribution in [-0.4, -0.2) is 13.0 Å². The lowest BCUT2D eigenvalue weighted by Crippen LogP contribution is -2.15. The fourth-order valence-corrected chi connectivity index (χ4v) is 3.45. The van der Waals surface area contributed by atoms with Gasteiger partial charge in [-0.1, -0.05) is 48.5 Å². The predicted octanol–water partition coefficient (Wildman–Crippen LogP) is 4.45. The lowest BCUT2D eigenvalue weighted by molar-refractivity contribution is -0.115. The molecule has 0 bridgehead atoms. The maximum absolute atomic E-state index is 12.4. The Balaban J connectivity index is 1.51. The van der Waals surface area contributed by atoms with Gasteiger partial charge in [0, 0.05) is 11.3 Å². The fourth-order valence-electron chi connectivity index (χ4n) is 3.45. The van der Waals surface area contributed by atoms with Gasteiger partial charge in [0.2, 0.25) is 5.91 Å². The van der Waals surface area contributed by atoms with Gasteiger partial charge in [-0.05, 0) is 46.9 Å². The zero-order chi connectivity index (χ0) is 17.2. The van der Waals surface area contributed by atoms with Gasteiger partial charge in [0.15, 0.2) is 0 Å². The lowest BCUT2D eigenvalue weighted by atomic mass is 10.1. The smallest absolute Gasteiger partial charge is 0.228 e. The summed E-state index contributed by atoms with van der Waals surface area (Å²) in [6.45, 7) is 0. The topological polar surface area (TPSA) is 38.3 Å². The van der Waals surface area contributed by atoms with Crippen molar-refractivity contribution in [2.24, 2.45) is 0 Å². The quantitative estimate of drug-likeness (QED) is 0.601. The highest BCUT2D eigenvalue weighted by molar-refractivity contribution is 5.93. The van der Waals surface area contributed by atoms with E-state index in [1.165, 1.54) is 22.3 Å². The highest BCUT2D eigenvalue weighted by Crippen LogP contribution is 2.37. The largest absolute Gasteiger partial charge is 0.496 e. The minimum absolute atomic E-state index is 0.0417. The highest BCUT2D eigenvalue weighted by Gasteiger charge is 2.18. The van der Waals surface area contributed by atoms with E-state index in [2.05, 4.69) is 41.7 Å². The number of ether oxygens (including phenoxy) is 1. The van der Waals surface area contributed by atoms with Crippen molar-refractivity contribution >= 4 is 11.6 Å². The Hall–Kier alpha value is -3.07. The molecule has 25 heavy (non-hydrogen) atoms. The van der Waals surface area contributed by atoms with Crippen LogP contribution < -0.4 is 10.1 Å². The van der Waals surface area contributed by atoms with Crippen LogP contribution in [0.3, 0.4) is 0 Å². The molecule has 3 nitrogen and oxygen atoms in total. The number of hydrogen-bond acceptors (Lipinski definition) is 2. The van der Waals surface area contributed by atoms with Crippen molar-refractivity contribution in [3.05, 3.63) is 83.4 Å². The summed E-state index contributed by atoms with van der Waals surface area (Å²) in [5, 5.41) is 3.00. The molecule has 4 rings (SSSR count). The summed E-state index contributed by atoms with van der Waals surface area (Å²) < 4.78 is 5.31. The van der Waals surface area contributed by atoms with Gasteiger partial charge >= 0.3 is 0 Å². The number of methoxy groups -OCH3 is 1. The minimum atomic E-state index is -0.0417. The van der Waals surface area contributed by atoms with Crippen molar-refractivity contribution in [3.63, 3.8) is 0 Å². The molecule has 0 saturated carbocycles. The second-order valence-corrected chi connectivity index (χ2v) is 6.24. The molecular weight excluding hydrogens is 310 g/mol. The van der Waals surface area contributed by atoms with E-state index in [4.69, 9.17) is 4.74 Å². The molecule has 1 amide bonds. The molecular formula is C22H19NO2. The molecule has 0 aromatic heterocycles. The molecule has 0 radical (unpaired) electrons. The van der Waals surface area contributed by atoms with Gasteiger partial charge in [0.25, 0.3) is 0 Å². The molecule has 1 aliphatic carbocycles. The van der Waals surface area contributed by atoms with Crippen LogP contribution in [0.5, 0.6) is 5.75 Å². The first-order chi connectivity index (χ1) is 12.2. The fraction of sp³-hybridized carbons (Fsp3) is 0.136. The number of benzene rings is 3. The van der Waals surface area contributed by atoms with E-state index in [1.54, 1.807) is 7.11 Å². The van der Waals surface area contributed by atoms with Gasteiger partial charge in [-0.3, -0.25) is 4.79 Å². The molecule has 0 aliphatic heterocycles. The number of hydrogen-bond donors (Lipinski definition) is 1. The molecule has 0 unspecified atom stereocenters. The molecule has 0 heterocycles. The van der Waals surface area contributed by atoms with Gasteiger partial charge in [-0.15, -0.1) is 0 Å². The average molecular weight is 329 g/mol. The predicted molar refractivity (Wildman–Crippen MR) is 100 cm³/mol. The van der Waals surface area contributed by atoms with E-state index in [0.29, 0.717) is 6.42 Å². The monoisotopic (exact) mass is 329 g/mol. The number of nitrogens with one attached hydrogen (secondary N) is 1. The molecule has 3 heteroatoms. The van der Waals surface area contributed by atoms with E-state index in [0.717, 1.165) is 23.4 Å². The molecule has 1 aliphatic rings. The third kappa shape index (κ3) is 3.01. The number of anilines is 1. The summed E-state index contributed by atoms with van der Waals surface area (Å²) in [6.07, 6.45) is 1.21. The first-order valence-electron chi connectivity index (χ1n) is 8.37. The van der Waals surface area contributed by atoms with Crippen LogP contribution in [0.15, 0.2) is 66.7 Å². The lowest BCUT2D eigenvalue weighted by Gasteiger charge is -2.10. The zero-order valence-corrected chi connectivity index (χ0v) is 14.1. The van der Waals surface area contributed by atoms with Crippen molar-refractivity contribution in [1.29, 1.82) is 0 Å². The number of fused-ring (bicyclic) bond motifs is 3. The number of para-hydroxylation sites is 1. The molecule has 0 fully saturated rings. The Kier molecular flexibility index (Phi) is 3.98. The molecule has 124 valence electrons. The highest BCUT2D eigenvalue weighted by atomic mass is 16.5. The number of carbonyl (C=O) groups is 1. The van der Waals surface area contributed by atoms with Crippen molar-refractivity contribution < 1.29 is 9.53 Å². The van der Waals surface area contributed by atoms with E-state index in [1.807, 2.05) is 30.3 Å². The normalized spacial score (nSPS) is 11.6. The number of rotatable bonds is 4. The minimum Gasteiger partial charge on any atom is -0.496 e. The molecule has 0 spiro atoms. The van der Waals surface area contributed by atoms with Gasteiger partial charge in [-0.2, -0.15) is 0 Å². The van der Waals surface area contributed by atoms with E-state index < -0.39 is 0 Å². The second-order valence-electron chi connectivity index (χ2n) is 6.24. The first kappa shape index (κ1) is 15.5. The van der Waals surface area contributed by atoms with Crippen LogP contribution in [0.4, 0.5) is 5.69 Å². The van der Waals surface area contributed by atoms with Gasteiger partial charge < -0.3 is 10.1 Å². The first-order valence-corrected chi connectivity index (χ1v) is 8.37. The van der Waals surface area contributed by atoms with Crippen LogP contribution in [0.1, 0.15) is 16.7 Å². The van der Waals surface area contributed by atoms with Crippen LogP contribution >= 0.6 is 0 Å². The Morgan fingerprint density at radius 3 is 2.60 bits per heavy atom. The van der Waals surface area contributed by atoms with Crippen LogP contribution in [-0.2, 0) is 17.6 Å². The Bertz CT molecular complexity index is 946. The summed E-state index contributed by atoms with van der Waals surface area (Å²) in [5.74, 6) is 0.696. The molecule has 1 N–H and O–H groups in total. The summed E-state index contributed by atoms with van der Waals surface area (Å²) in [6, 6.07) is 22.2. The Morgan fingerprint density at radius 1 is 0.960 bits per heavy atom. The average Bonchev–Trinajstić information content (AvgIpc) is 2.99. The van der Waals surface area contributed by atoms with E-state index >= 15 is 0 Å². The van der Waals surface area contributed by atoms with Crippen LogP contribution in [0.25, 0.3) is 11.1 Å². The molecule has 0 atom stereocenters. The molecule has 3 aromatic carbocycles. The Morgan fingerprint density at radius 2 is 1.72 bits per heavy atom. The van der Waals surface area contributed by atoms with Gasteiger partial charge in [0.05, 0.1) is 13.5 Å². The summed E-state index contributed by atoms with van der Waals surface area (Å²) in [5.41, 5.74) is 6.89. The van der Waals surface area contributed by atoms with Crippen LogP contribution in [0.2, 0.25) is 0 Å². The molecule has 3 aromatic rings. The summed E-state index contributed by atoms with van der Waals surface area (Å²) >= 11 is 0. The van der Waals surface area contributed by atoms with E-state index in [9.17, 15) is 4.79 Å². The van der Waals surface area contributed by atoms with Gasteiger partial charge in [-0.25, -0.2) is 0 Å². The maximum Gasteiger partial charge on any atom is 0.228 e. The standard InChI is InChI=1S/C22H19NO2/c1-25-21-9-5-3-7-16(21)14-22(24)23-18-10-11-20-17(13-18)12-15-6-2-4-8-19(15)20/h2-11,13H,12,14H2,1H3,(H,23,24). The van der Waals surface area contributed by atoms with Gasteiger partial charge in [0.1, 0.15) is 5.75 Å². The number of carbonyl (C=O) groups excluding carboxylic acids is 1. The molecule has 0 saturated heterocycles. The van der Waals surface area contributed by atoms with Crippen molar-refractivity contribution in [3.8, 4) is 16.9 Å². The van der Waals surface area contributed by atoms with E-state index in [-0.39, 0.29) is 5.91 Å². The SMILES string of the molecule is COc1ccccc1CC(=O)Nc1ccc2c(c1)Cc1ccccc1-2. The van der Waals surface area contributed by atoms with Crippen LogP contribution in [0, 0.1) is 0 Å².